The van der Waals surface area contributed by atoms with Gasteiger partial charge < -0.3 is 25.0 Å². The molecule has 1 aromatic carbocycles. The topological polar surface area (TPSA) is 75.2 Å². The third-order valence-electron chi connectivity index (χ3n) is 4.28. The maximum atomic E-state index is 12.2. The molecule has 2 N–H and O–H groups in total. The molecule has 1 saturated heterocycles. The van der Waals surface area contributed by atoms with Crippen molar-refractivity contribution < 1.29 is 14.3 Å². The molecule has 0 bridgehead atoms. The number of benzene rings is 1. The molecule has 0 radical (unpaired) electrons. The van der Waals surface area contributed by atoms with Crippen LogP contribution < -0.4 is 20.1 Å². The van der Waals surface area contributed by atoms with Crippen LogP contribution in [0.25, 0.3) is 0 Å². The van der Waals surface area contributed by atoms with Gasteiger partial charge in [0.2, 0.25) is 5.91 Å². The predicted octanol–water partition coefficient (Wildman–Crippen LogP) is 1.38. The summed E-state index contributed by atoms with van der Waals surface area (Å²) in [6, 6.07) is 5.67. The van der Waals surface area contributed by atoms with Gasteiger partial charge in [0.05, 0.1) is 20.8 Å². The van der Waals surface area contributed by atoms with Gasteiger partial charge in [-0.1, -0.05) is 0 Å². The summed E-state index contributed by atoms with van der Waals surface area (Å²) in [6.07, 6.45) is 3.40. The third kappa shape index (κ3) is 5.55. The van der Waals surface area contributed by atoms with Crippen molar-refractivity contribution in [3.8, 4) is 11.5 Å². The largest absolute Gasteiger partial charge is 0.497 e. The molecular formula is C18H28N4O3. The molecule has 0 unspecified atom stereocenters. The first-order chi connectivity index (χ1) is 12.2. The highest BCUT2D eigenvalue weighted by Gasteiger charge is 2.16. The minimum atomic E-state index is 0.115. The number of amides is 1. The second-order valence-electron chi connectivity index (χ2n) is 5.90. The molecule has 0 aliphatic carbocycles. The lowest BCUT2D eigenvalue weighted by Crippen LogP contribution is -2.45. The number of rotatable bonds is 6. The van der Waals surface area contributed by atoms with E-state index in [-0.39, 0.29) is 12.5 Å². The summed E-state index contributed by atoms with van der Waals surface area (Å²) in [6.45, 7) is 2.50. The summed E-state index contributed by atoms with van der Waals surface area (Å²) in [5.74, 6) is 2.19. The Kier molecular flexibility index (Phi) is 7.37. The smallest absolute Gasteiger partial charge is 0.241 e. The molecule has 1 aliphatic rings. The molecule has 25 heavy (non-hydrogen) atoms. The van der Waals surface area contributed by atoms with Gasteiger partial charge >= 0.3 is 0 Å². The zero-order chi connectivity index (χ0) is 18.1. The maximum absolute atomic E-state index is 12.2. The van der Waals surface area contributed by atoms with Crippen LogP contribution in [0.15, 0.2) is 23.2 Å². The van der Waals surface area contributed by atoms with E-state index in [1.54, 1.807) is 21.3 Å². The molecule has 1 aromatic rings. The first-order valence-corrected chi connectivity index (χ1v) is 8.61. The fourth-order valence-corrected chi connectivity index (χ4v) is 2.81. The van der Waals surface area contributed by atoms with Crippen LogP contribution in [0.4, 0.5) is 0 Å². The molecule has 2 rings (SSSR count). The van der Waals surface area contributed by atoms with Crippen LogP contribution in [0.5, 0.6) is 11.5 Å². The van der Waals surface area contributed by atoms with E-state index in [4.69, 9.17) is 9.47 Å². The normalized spacial score (nSPS) is 14.8. The number of nitrogens with one attached hydrogen (secondary N) is 2. The van der Waals surface area contributed by atoms with Gasteiger partial charge in [-0.3, -0.25) is 9.79 Å². The molecule has 7 heteroatoms. The molecule has 0 saturated carbocycles. The van der Waals surface area contributed by atoms with Gasteiger partial charge in [-0.15, -0.1) is 0 Å². The van der Waals surface area contributed by atoms with Crippen molar-refractivity contribution in [3.05, 3.63) is 23.8 Å². The number of nitrogens with zero attached hydrogens (tertiary/aromatic N) is 2. The lowest BCUT2D eigenvalue weighted by Gasteiger charge is -2.27. The van der Waals surface area contributed by atoms with Crippen molar-refractivity contribution in [2.45, 2.75) is 25.8 Å². The number of methoxy groups -OCH3 is 2. The van der Waals surface area contributed by atoms with E-state index in [9.17, 15) is 4.79 Å². The Balaban J connectivity index is 1.85. The number of hydrogen-bond acceptors (Lipinski definition) is 4. The second kappa shape index (κ2) is 9.76. The molecule has 1 fully saturated rings. The van der Waals surface area contributed by atoms with Gasteiger partial charge in [-0.2, -0.15) is 0 Å². The average Bonchev–Trinajstić information content (AvgIpc) is 2.68. The van der Waals surface area contributed by atoms with Gasteiger partial charge in [0, 0.05) is 38.3 Å². The van der Waals surface area contributed by atoms with E-state index in [1.165, 1.54) is 6.42 Å². The number of carbonyl (C=O) groups is 1. The Hall–Kier alpha value is -2.44. The van der Waals surface area contributed by atoms with E-state index in [2.05, 4.69) is 15.6 Å². The van der Waals surface area contributed by atoms with Crippen molar-refractivity contribution in [2.75, 3.05) is 40.9 Å². The Morgan fingerprint density at radius 1 is 1.16 bits per heavy atom. The van der Waals surface area contributed by atoms with Crippen LogP contribution >= 0.6 is 0 Å². The Bertz CT molecular complexity index is 598. The minimum Gasteiger partial charge on any atom is -0.497 e. The summed E-state index contributed by atoms with van der Waals surface area (Å²) in [5, 5.41) is 6.28. The minimum absolute atomic E-state index is 0.115. The van der Waals surface area contributed by atoms with Crippen LogP contribution in [-0.2, 0) is 11.3 Å². The lowest BCUT2D eigenvalue weighted by atomic mass is 10.1. The third-order valence-corrected chi connectivity index (χ3v) is 4.28. The average molecular weight is 348 g/mol. The SMILES string of the molecule is CN=C(NCC(=O)N1CCCCC1)NCc1ccc(OC)cc1OC. The van der Waals surface area contributed by atoms with Gasteiger partial charge in [0.15, 0.2) is 5.96 Å². The van der Waals surface area contributed by atoms with Crippen LogP contribution in [0, 0.1) is 0 Å². The summed E-state index contributed by atoms with van der Waals surface area (Å²) in [4.78, 5) is 18.3. The monoisotopic (exact) mass is 348 g/mol. The fourth-order valence-electron chi connectivity index (χ4n) is 2.81. The van der Waals surface area contributed by atoms with E-state index < -0.39 is 0 Å². The number of hydrogen-bond donors (Lipinski definition) is 2. The predicted molar refractivity (Wildman–Crippen MR) is 98.2 cm³/mol. The zero-order valence-corrected chi connectivity index (χ0v) is 15.3. The van der Waals surface area contributed by atoms with Crippen LogP contribution in [0.3, 0.4) is 0 Å². The Morgan fingerprint density at radius 3 is 2.56 bits per heavy atom. The number of piperidine rings is 1. The van der Waals surface area contributed by atoms with Crippen molar-refractivity contribution in [2.24, 2.45) is 4.99 Å². The number of carbonyl (C=O) groups excluding carboxylic acids is 1. The van der Waals surface area contributed by atoms with E-state index >= 15 is 0 Å². The quantitative estimate of drug-likeness (QED) is 0.600. The highest BCUT2D eigenvalue weighted by atomic mass is 16.5. The molecule has 138 valence electrons. The van der Waals surface area contributed by atoms with Crippen LogP contribution in [0.1, 0.15) is 24.8 Å². The molecule has 0 aromatic heterocycles. The van der Waals surface area contributed by atoms with E-state index in [0.717, 1.165) is 43.0 Å². The number of aliphatic imine (C=N–C) groups is 1. The highest BCUT2D eigenvalue weighted by molar-refractivity contribution is 5.86. The number of guanidine groups is 1. The lowest BCUT2D eigenvalue weighted by molar-refractivity contribution is -0.130. The molecule has 1 heterocycles. The fraction of sp³-hybridized carbons (Fsp3) is 0.556. The van der Waals surface area contributed by atoms with Gasteiger partial charge in [0.25, 0.3) is 0 Å². The summed E-state index contributed by atoms with van der Waals surface area (Å²) in [7, 11) is 4.94. The molecular weight excluding hydrogens is 320 g/mol. The van der Waals surface area contributed by atoms with Crippen LogP contribution in [-0.4, -0.2) is 57.7 Å². The van der Waals surface area contributed by atoms with Crippen molar-refractivity contribution in [1.29, 1.82) is 0 Å². The summed E-state index contributed by atoms with van der Waals surface area (Å²) in [5.41, 5.74) is 0.980. The molecule has 1 aliphatic heterocycles. The van der Waals surface area contributed by atoms with Crippen molar-refractivity contribution in [3.63, 3.8) is 0 Å². The summed E-state index contributed by atoms with van der Waals surface area (Å²) >= 11 is 0. The summed E-state index contributed by atoms with van der Waals surface area (Å²) < 4.78 is 10.6. The zero-order valence-electron chi connectivity index (χ0n) is 15.3. The second-order valence-corrected chi connectivity index (χ2v) is 5.90. The number of likely N-dealkylation sites (tertiary alicyclic amines) is 1. The highest BCUT2D eigenvalue weighted by Crippen LogP contribution is 2.24. The van der Waals surface area contributed by atoms with Gasteiger partial charge in [-0.25, -0.2) is 0 Å². The first-order valence-electron chi connectivity index (χ1n) is 8.61. The van der Waals surface area contributed by atoms with Crippen molar-refractivity contribution in [1.82, 2.24) is 15.5 Å². The Morgan fingerprint density at radius 2 is 1.92 bits per heavy atom. The molecule has 7 nitrogen and oxygen atoms in total. The van der Waals surface area contributed by atoms with E-state index in [1.807, 2.05) is 23.1 Å². The van der Waals surface area contributed by atoms with Gasteiger partial charge in [0.1, 0.15) is 11.5 Å². The van der Waals surface area contributed by atoms with E-state index in [0.29, 0.717) is 12.5 Å². The number of ether oxygens (including phenoxy) is 2. The maximum Gasteiger partial charge on any atom is 0.241 e. The molecule has 1 amide bonds. The standard InChI is InChI=1S/C18H28N4O3/c1-19-18(21-13-17(23)22-9-5-4-6-10-22)20-12-14-7-8-15(24-2)11-16(14)25-3/h7-8,11H,4-6,9-10,12-13H2,1-3H3,(H2,19,20,21). The van der Waals surface area contributed by atoms with Crippen molar-refractivity contribution >= 4 is 11.9 Å². The first kappa shape index (κ1) is 18.9. The molecule has 0 atom stereocenters. The molecule has 0 spiro atoms. The van der Waals surface area contributed by atoms with Gasteiger partial charge in [-0.05, 0) is 31.4 Å². The van der Waals surface area contributed by atoms with Crippen LogP contribution in [0.2, 0.25) is 0 Å². The Labute approximate surface area is 149 Å².